The van der Waals surface area contributed by atoms with Gasteiger partial charge in [-0.3, -0.25) is 4.79 Å². The predicted molar refractivity (Wildman–Crippen MR) is 96.8 cm³/mol. The van der Waals surface area contributed by atoms with E-state index in [9.17, 15) is 4.79 Å². The molecule has 1 atom stereocenters. The fourth-order valence-corrected chi connectivity index (χ4v) is 4.63. The van der Waals surface area contributed by atoms with E-state index in [0.29, 0.717) is 24.7 Å². The van der Waals surface area contributed by atoms with Crippen LogP contribution < -0.4 is 5.32 Å². The zero-order valence-corrected chi connectivity index (χ0v) is 14.6. The van der Waals surface area contributed by atoms with Crippen molar-refractivity contribution < 1.29 is 13.9 Å². The summed E-state index contributed by atoms with van der Waals surface area (Å²) in [6.45, 7) is 1.28. The summed E-state index contributed by atoms with van der Waals surface area (Å²) in [4.78, 5) is 12.7. The number of hydrogen-bond acceptors (Lipinski definition) is 5. The van der Waals surface area contributed by atoms with Gasteiger partial charge in [0.2, 0.25) is 0 Å². The van der Waals surface area contributed by atoms with E-state index in [0.717, 1.165) is 23.0 Å². The van der Waals surface area contributed by atoms with Crippen LogP contribution in [-0.4, -0.2) is 25.2 Å². The third-order valence-corrected chi connectivity index (χ3v) is 6.18. The lowest BCUT2D eigenvalue weighted by molar-refractivity contribution is 0.0903. The summed E-state index contributed by atoms with van der Waals surface area (Å²) >= 11 is 3.43. The van der Waals surface area contributed by atoms with Crippen LogP contribution in [0.15, 0.2) is 50.4 Å². The van der Waals surface area contributed by atoms with Crippen molar-refractivity contribution >= 4 is 40.0 Å². The van der Waals surface area contributed by atoms with Gasteiger partial charge in [0.15, 0.2) is 5.76 Å². The van der Waals surface area contributed by atoms with Gasteiger partial charge in [0.05, 0.1) is 16.9 Å². The average molecular weight is 359 g/mol. The number of amides is 1. The highest BCUT2D eigenvalue weighted by molar-refractivity contribution is 8.00. The Bertz CT molecular complexity index is 835. The smallest absolute Gasteiger partial charge is 0.287 e. The molecule has 0 bridgehead atoms. The van der Waals surface area contributed by atoms with Crippen LogP contribution >= 0.6 is 23.1 Å². The number of thiophene rings is 1. The van der Waals surface area contributed by atoms with E-state index in [4.69, 9.17) is 9.15 Å². The molecule has 1 aromatic carbocycles. The van der Waals surface area contributed by atoms with Crippen LogP contribution in [0.2, 0.25) is 0 Å². The van der Waals surface area contributed by atoms with Crippen LogP contribution in [0, 0.1) is 0 Å². The van der Waals surface area contributed by atoms with Crippen molar-refractivity contribution in [3.63, 3.8) is 0 Å². The Morgan fingerprint density at radius 1 is 1.29 bits per heavy atom. The quantitative estimate of drug-likeness (QED) is 0.690. The van der Waals surface area contributed by atoms with E-state index in [1.807, 2.05) is 30.3 Å². The number of nitrogens with one attached hydrogen (secondary N) is 1. The second-order valence-corrected chi connectivity index (χ2v) is 7.88. The van der Waals surface area contributed by atoms with Gasteiger partial charge in [-0.1, -0.05) is 24.3 Å². The van der Waals surface area contributed by atoms with E-state index < -0.39 is 0 Å². The highest BCUT2D eigenvalue weighted by Crippen LogP contribution is 2.33. The Morgan fingerprint density at radius 2 is 2.21 bits per heavy atom. The zero-order chi connectivity index (χ0) is 16.4. The van der Waals surface area contributed by atoms with Gasteiger partial charge in [0, 0.05) is 23.3 Å². The van der Waals surface area contributed by atoms with Gasteiger partial charge in [0.25, 0.3) is 5.91 Å². The maximum atomic E-state index is 12.7. The summed E-state index contributed by atoms with van der Waals surface area (Å²) < 4.78 is 12.4. The van der Waals surface area contributed by atoms with E-state index >= 15 is 0 Å². The molecule has 6 heteroatoms. The molecule has 24 heavy (non-hydrogen) atoms. The molecule has 1 N–H and O–H groups in total. The molecule has 2 aromatic heterocycles. The van der Waals surface area contributed by atoms with Gasteiger partial charge in [0.1, 0.15) is 5.58 Å². The van der Waals surface area contributed by atoms with Gasteiger partial charge in [-0.25, -0.2) is 0 Å². The molecule has 3 aromatic rings. The van der Waals surface area contributed by atoms with Crippen LogP contribution in [0.4, 0.5) is 0 Å². The first-order valence-electron chi connectivity index (χ1n) is 7.86. The number of benzene rings is 1. The van der Waals surface area contributed by atoms with Crippen LogP contribution in [0.5, 0.6) is 0 Å². The topological polar surface area (TPSA) is 51.5 Å². The highest BCUT2D eigenvalue weighted by atomic mass is 32.2. The number of fused-ring (bicyclic) bond motifs is 1. The van der Waals surface area contributed by atoms with Crippen molar-refractivity contribution in [2.24, 2.45) is 0 Å². The Labute approximate surface area is 148 Å². The number of rotatable bonds is 5. The minimum absolute atomic E-state index is 0.0727. The third-order valence-electron chi connectivity index (χ3n) is 4.02. The molecule has 1 saturated heterocycles. The molecule has 4 rings (SSSR count). The molecule has 124 valence electrons. The highest BCUT2D eigenvalue weighted by Gasteiger charge is 2.24. The molecule has 4 nitrogen and oxygen atoms in total. The molecule has 3 heterocycles. The largest absolute Gasteiger partial charge is 0.451 e. The number of carbonyl (C=O) groups is 1. The summed E-state index contributed by atoms with van der Waals surface area (Å²) in [7, 11) is 0. The van der Waals surface area contributed by atoms with Gasteiger partial charge >= 0.3 is 0 Å². The Balaban J connectivity index is 1.62. The van der Waals surface area contributed by atoms with E-state index in [1.54, 1.807) is 23.1 Å². The lowest BCUT2D eigenvalue weighted by atomic mass is 10.1. The molecule has 1 amide bonds. The first-order chi connectivity index (χ1) is 11.8. The van der Waals surface area contributed by atoms with Crippen LogP contribution in [-0.2, 0) is 10.5 Å². The van der Waals surface area contributed by atoms with Gasteiger partial charge in [-0.05, 0) is 23.9 Å². The van der Waals surface area contributed by atoms with Crippen LogP contribution in [0.1, 0.15) is 22.5 Å². The standard InChI is InChI=1S/C18H17NO3S2/c20-18(19-12-7-8-21-10-12)17-14(11-24-16-6-3-9-23-16)13-4-1-2-5-15(13)22-17/h1-6,9,12H,7-8,10-11H2,(H,19,20). The van der Waals surface area contributed by atoms with Crippen molar-refractivity contribution in [2.75, 3.05) is 13.2 Å². The first-order valence-corrected chi connectivity index (χ1v) is 9.73. The zero-order valence-electron chi connectivity index (χ0n) is 13.0. The second-order valence-electron chi connectivity index (χ2n) is 5.66. The molecule has 0 spiro atoms. The minimum atomic E-state index is -0.150. The van der Waals surface area contributed by atoms with Crippen LogP contribution in [0.3, 0.4) is 0 Å². The summed E-state index contributed by atoms with van der Waals surface area (Å²) in [6, 6.07) is 12.0. The number of furan rings is 1. The predicted octanol–water partition coefficient (Wildman–Crippen LogP) is 4.31. The maximum absolute atomic E-state index is 12.7. The lowest BCUT2D eigenvalue weighted by Crippen LogP contribution is -2.35. The number of ether oxygens (including phenoxy) is 1. The first kappa shape index (κ1) is 15.7. The Kier molecular flexibility index (Phi) is 4.60. The Hall–Kier alpha value is -1.76. The summed E-state index contributed by atoms with van der Waals surface area (Å²) in [6.07, 6.45) is 0.852. The second kappa shape index (κ2) is 7.01. The van der Waals surface area contributed by atoms with Crippen LogP contribution in [0.25, 0.3) is 11.0 Å². The summed E-state index contributed by atoms with van der Waals surface area (Å²) in [5.74, 6) is 0.984. The van der Waals surface area contributed by atoms with Crippen molar-refractivity contribution in [1.82, 2.24) is 5.32 Å². The van der Waals surface area contributed by atoms with Crippen molar-refractivity contribution in [2.45, 2.75) is 22.4 Å². The van der Waals surface area contributed by atoms with Crippen molar-refractivity contribution in [1.29, 1.82) is 0 Å². The lowest BCUT2D eigenvalue weighted by Gasteiger charge is -2.10. The van der Waals surface area contributed by atoms with Gasteiger partial charge < -0.3 is 14.5 Å². The molecular formula is C18H17NO3S2. The van der Waals surface area contributed by atoms with Crippen molar-refractivity contribution in [3.8, 4) is 0 Å². The Morgan fingerprint density at radius 3 is 3.00 bits per heavy atom. The molecule has 0 radical (unpaired) electrons. The van der Waals surface area contributed by atoms with Gasteiger partial charge in [-0.15, -0.1) is 23.1 Å². The van der Waals surface area contributed by atoms with E-state index in [2.05, 4.69) is 16.8 Å². The third kappa shape index (κ3) is 3.22. The molecule has 1 unspecified atom stereocenters. The number of carbonyl (C=O) groups excluding carboxylic acids is 1. The van der Waals surface area contributed by atoms with Crippen molar-refractivity contribution in [3.05, 3.63) is 53.1 Å². The molecule has 0 aliphatic carbocycles. The van der Waals surface area contributed by atoms with Gasteiger partial charge in [-0.2, -0.15) is 0 Å². The minimum Gasteiger partial charge on any atom is -0.451 e. The molecule has 1 fully saturated rings. The SMILES string of the molecule is O=C(NC1CCOC1)c1oc2ccccc2c1CSc1cccs1. The molecule has 1 aliphatic heterocycles. The van der Waals surface area contributed by atoms with E-state index in [1.165, 1.54) is 4.21 Å². The molecule has 0 saturated carbocycles. The fourth-order valence-electron chi connectivity index (χ4n) is 2.81. The number of para-hydroxylation sites is 1. The normalized spacial score (nSPS) is 17.4. The number of thioether (sulfide) groups is 1. The summed E-state index contributed by atoms with van der Waals surface area (Å²) in [5, 5.41) is 6.09. The van der Waals surface area contributed by atoms with E-state index in [-0.39, 0.29) is 11.9 Å². The summed E-state index contributed by atoms with van der Waals surface area (Å²) in [5.41, 5.74) is 1.72. The molecule has 1 aliphatic rings. The monoisotopic (exact) mass is 359 g/mol. The maximum Gasteiger partial charge on any atom is 0.287 e. The average Bonchev–Trinajstić information content (AvgIpc) is 3.33. The number of hydrogen-bond donors (Lipinski definition) is 1. The molecular weight excluding hydrogens is 342 g/mol. The fraction of sp³-hybridized carbons (Fsp3) is 0.278.